The fourth-order valence-electron chi connectivity index (χ4n) is 1.63. The van der Waals surface area contributed by atoms with E-state index in [9.17, 15) is 0 Å². The van der Waals surface area contributed by atoms with Crippen molar-refractivity contribution in [1.29, 1.82) is 0 Å². The third-order valence-electron chi connectivity index (χ3n) is 2.57. The predicted octanol–water partition coefficient (Wildman–Crippen LogP) is 1.96. The van der Waals surface area contributed by atoms with Crippen LogP contribution in [0.4, 0.5) is 11.8 Å². The third-order valence-corrected chi connectivity index (χ3v) is 3.15. The Labute approximate surface area is 111 Å². The number of halogens is 1. The van der Waals surface area contributed by atoms with Crippen molar-refractivity contribution < 1.29 is 0 Å². The fourth-order valence-corrected chi connectivity index (χ4v) is 1.94. The van der Waals surface area contributed by atoms with Crippen molar-refractivity contribution in [3.05, 3.63) is 10.7 Å². The van der Waals surface area contributed by atoms with Gasteiger partial charge in [-0.15, -0.1) is 0 Å². The van der Waals surface area contributed by atoms with Crippen LogP contribution in [0.3, 0.4) is 0 Å². The molecule has 6 heteroatoms. The van der Waals surface area contributed by atoms with Crippen molar-refractivity contribution in [2.24, 2.45) is 0 Å². The van der Waals surface area contributed by atoms with E-state index in [2.05, 4.69) is 56.9 Å². The van der Waals surface area contributed by atoms with Crippen LogP contribution in [-0.2, 0) is 0 Å². The molecule has 0 radical (unpaired) electrons. The molecule has 0 saturated heterocycles. The number of aromatic nitrogens is 2. The quantitative estimate of drug-likeness (QED) is 0.841. The van der Waals surface area contributed by atoms with E-state index in [1.165, 1.54) is 0 Å². The molecular formula is C11H20BrN5. The lowest BCUT2D eigenvalue weighted by atomic mass is 10.3. The first-order chi connectivity index (χ1) is 8.06. The van der Waals surface area contributed by atoms with Gasteiger partial charge in [0, 0.05) is 18.8 Å². The SMILES string of the molecule is CCN(CC)CC(C)Nc1nc(N)ncc1Br. The number of nitrogens with two attached hydrogens (primary N) is 1. The van der Waals surface area contributed by atoms with Gasteiger partial charge in [0.25, 0.3) is 0 Å². The lowest BCUT2D eigenvalue weighted by Crippen LogP contribution is -2.35. The van der Waals surface area contributed by atoms with E-state index < -0.39 is 0 Å². The Morgan fingerprint density at radius 1 is 1.47 bits per heavy atom. The molecule has 0 bridgehead atoms. The summed E-state index contributed by atoms with van der Waals surface area (Å²) in [6.45, 7) is 9.53. The van der Waals surface area contributed by atoms with E-state index in [1.807, 2.05) is 0 Å². The zero-order valence-electron chi connectivity index (χ0n) is 10.6. The number of hydrogen-bond donors (Lipinski definition) is 2. The zero-order chi connectivity index (χ0) is 12.8. The second-order valence-corrected chi connectivity index (χ2v) is 4.81. The maximum Gasteiger partial charge on any atom is 0.221 e. The Morgan fingerprint density at radius 2 is 2.12 bits per heavy atom. The van der Waals surface area contributed by atoms with Crippen molar-refractivity contribution >= 4 is 27.7 Å². The van der Waals surface area contributed by atoms with Gasteiger partial charge in [-0.25, -0.2) is 4.98 Å². The molecule has 0 spiro atoms. The van der Waals surface area contributed by atoms with Gasteiger partial charge in [0.2, 0.25) is 5.95 Å². The van der Waals surface area contributed by atoms with Gasteiger partial charge in [-0.3, -0.25) is 0 Å². The average molecular weight is 302 g/mol. The smallest absolute Gasteiger partial charge is 0.221 e. The Morgan fingerprint density at radius 3 is 2.71 bits per heavy atom. The summed E-state index contributed by atoms with van der Waals surface area (Å²) in [7, 11) is 0. The molecule has 0 aliphatic carbocycles. The zero-order valence-corrected chi connectivity index (χ0v) is 12.2. The monoisotopic (exact) mass is 301 g/mol. The van der Waals surface area contributed by atoms with E-state index in [0.717, 1.165) is 29.9 Å². The second kappa shape index (κ2) is 6.76. The van der Waals surface area contributed by atoms with Gasteiger partial charge in [-0.2, -0.15) is 4.98 Å². The number of nitrogens with one attached hydrogen (secondary N) is 1. The fraction of sp³-hybridized carbons (Fsp3) is 0.636. The molecule has 1 rings (SSSR count). The molecule has 0 fully saturated rings. The first kappa shape index (κ1) is 14.2. The minimum atomic E-state index is 0.283. The van der Waals surface area contributed by atoms with Gasteiger partial charge in [-0.1, -0.05) is 13.8 Å². The Kier molecular flexibility index (Phi) is 5.64. The summed E-state index contributed by atoms with van der Waals surface area (Å²) in [5.74, 6) is 1.03. The maximum atomic E-state index is 5.56. The number of rotatable bonds is 6. The van der Waals surface area contributed by atoms with E-state index in [4.69, 9.17) is 5.73 Å². The van der Waals surface area contributed by atoms with Gasteiger partial charge in [0.15, 0.2) is 0 Å². The van der Waals surface area contributed by atoms with Gasteiger partial charge < -0.3 is 16.0 Å². The number of likely N-dealkylation sites (N-methyl/N-ethyl adjacent to an activating group) is 1. The van der Waals surface area contributed by atoms with Crippen molar-refractivity contribution in [2.75, 3.05) is 30.7 Å². The Hall–Kier alpha value is -0.880. The van der Waals surface area contributed by atoms with Crippen molar-refractivity contribution in [3.63, 3.8) is 0 Å². The van der Waals surface area contributed by atoms with E-state index in [1.54, 1.807) is 6.20 Å². The molecule has 0 amide bonds. The van der Waals surface area contributed by atoms with Gasteiger partial charge in [-0.05, 0) is 35.9 Å². The molecule has 0 saturated carbocycles. The number of nitrogens with zero attached hydrogens (tertiary/aromatic N) is 3. The normalized spacial score (nSPS) is 12.8. The van der Waals surface area contributed by atoms with Crippen molar-refractivity contribution in [1.82, 2.24) is 14.9 Å². The van der Waals surface area contributed by atoms with Crippen LogP contribution >= 0.6 is 15.9 Å². The topological polar surface area (TPSA) is 67.1 Å². The van der Waals surface area contributed by atoms with Crippen molar-refractivity contribution in [3.8, 4) is 0 Å². The Bertz CT molecular complexity index is 354. The van der Waals surface area contributed by atoms with Crippen LogP contribution in [0.1, 0.15) is 20.8 Å². The molecule has 5 nitrogen and oxygen atoms in total. The molecule has 96 valence electrons. The summed E-state index contributed by atoms with van der Waals surface area (Å²) in [5.41, 5.74) is 5.56. The first-order valence-corrected chi connectivity index (χ1v) is 6.63. The van der Waals surface area contributed by atoms with Gasteiger partial charge in [0.1, 0.15) is 5.82 Å². The van der Waals surface area contributed by atoms with Crippen LogP contribution in [0.2, 0.25) is 0 Å². The first-order valence-electron chi connectivity index (χ1n) is 5.83. The average Bonchev–Trinajstić information content (AvgIpc) is 2.31. The van der Waals surface area contributed by atoms with Crippen LogP contribution in [0.5, 0.6) is 0 Å². The molecule has 1 unspecified atom stereocenters. The van der Waals surface area contributed by atoms with Crippen LogP contribution in [0, 0.1) is 0 Å². The lowest BCUT2D eigenvalue weighted by molar-refractivity contribution is 0.294. The van der Waals surface area contributed by atoms with Gasteiger partial charge >= 0.3 is 0 Å². The second-order valence-electron chi connectivity index (χ2n) is 3.96. The molecule has 1 atom stereocenters. The third kappa shape index (κ3) is 4.47. The lowest BCUT2D eigenvalue weighted by Gasteiger charge is -2.24. The molecular weight excluding hydrogens is 282 g/mol. The molecule has 1 heterocycles. The molecule has 1 aromatic heterocycles. The highest BCUT2D eigenvalue weighted by atomic mass is 79.9. The highest BCUT2D eigenvalue weighted by Crippen LogP contribution is 2.19. The molecule has 17 heavy (non-hydrogen) atoms. The van der Waals surface area contributed by atoms with Crippen LogP contribution in [0.25, 0.3) is 0 Å². The number of nitrogen functional groups attached to an aromatic ring is 1. The summed E-state index contributed by atoms with van der Waals surface area (Å²) in [4.78, 5) is 10.4. The van der Waals surface area contributed by atoms with Gasteiger partial charge in [0.05, 0.1) is 4.47 Å². The van der Waals surface area contributed by atoms with Crippen LogP contribution in [0.15, 0.2) is 10.7 Å². The van der Waals surface area contributed by atoms with E-state index >= 15 is 0 Å². The highest BCUT2D eigenvalue weighted by Gasteiger charge is 2.10. The van der Waals surface area contributed by atoms with Crippen LogP contribution < -0.4 is 11.1 Å². The summed E-state index contributed by atoms with van der Waals surface area (Å²) in [5, 5.41) is 3.33. The predicted molar refractivity (Wildman–Crippen MR) is 75.0 cm³/mol. The summed E-state index contributed by atoms with van der Waals surface area (Å²) in [6, 6.07) is 0.306. The summed E-state index contributed by atoms with van der Waals surface area (Å²) >= 11 is 3.40. The Balaban J connectivity index is 2.61. The molecule has 0 aliphatic heterocycles. The standard InChI is InChI=1S/C11H20BrN5/c1-4-17(5-2)7-8(3)15-10-9(12)6-14-11(13)16-10/h6,8H,4-5,7H2,1-3H3,(H3,13,14,15,16). The molecule has 0 aromatic carbocycles. The van der Waals surface area contributed by atoms with Crippen molar-refractivity contribution in [2.45, 2.75) is 26.8 Å². The molecule has 0 aliphatic rings. The molecule has 3 N–H and O–H groups in total. The maximum absolute atomic E-state index is 5.56. The van der Waals surface area contributed by atoms with E-state index in [0.29, 0.717) is 6.04 Å². The number of anilines is 2. The largest absolute Gasteiger partial charge is 0.368 e. The summed E-state index contributed by atoms with van der Waals surface area (Å²) < 4.78 is 0.832. The summed E-state index contributed by atoms with van der Waals surface area (Å²) in [6.07, 6.45) is 1.66. The minimum absolute atomic E-state index is 0.283. The van der Waals surface area contributed by atoms with E-state index in [-0.39, 0.29) is 5.95 Å². The minimum Gasteiger partial charge on any atom is -0.368 e. The highest BCUT2D eigenvalue weighted by molar-refractivity contribution is 9.10. The number of hydrogen-bond acceptors (Lipinski definition) is 5. The van der Waals surface area contributed by atoms with Crippen LogP contribution in [-0.4, -0.2) is 40.5 Å². The molecule has 1 aromatic rings.